The molecule has 3 saturated carbocycles. The largest absolute Gasteiger partial charge is 0.392 e. The van der Waals surface area contributed by atoms with Crippen LogP contribution in [-0.2, 0) is 9.59 Å². The number of ketones is 2. The van der Waals surface area contributed by atoms with Gasteiger partial charge in [0.15, 0.2) is 11.6 Å². The number of carbonyl (C=O) groups excluding carboxylic acids is 2. The second-order valence-electron chi connectivity index (χ2n) is 16.1. The number of fused-ring (bicyclic) bond motifs is 7. The van der Waals surface area contributed by atoms with Crippen molar-refractivity contribution in [2.75, 3.05) is 13.1 Å². The topological polar surface area (TPSA) is 81.4 Å². The summed E-state index contributed by atoms with van der Waals surface area (Å²) in [7, 11) is 0. The summed E-state index contributed by atoms with van der Waals surface area (Å²) < 4.78 is 0. The van der Waals surface area contributed by atoms with E-state index in [2.05, 4.69) is 45.6 Å². The van der Waals surface area contributed by atoms with Gasteiger partial charge in [-0.15, -0.1) is 0 Å². The molecule has 0 aromatic rings. The number of hydrogen-bond donors (Lipinski definition) is 1. The Hall–Kier alpha value is -1.77. The summed E-state index contributed by atoms with van der Waals surface area (Å²) >= 11 is 0. The first kappa shape index (κ1) is 27.4. The lowest BCUT2D eigenvalue weighted by atomic mass is 9.34. The molecule has 1 N–H and O–H groups in total. The molecular formula is C34H48N2O3. The van der Waals surface area contributed by atoms with Crippen molar-refractivity contribution < 1.29 is 14.7 Å². The van der Waals surface area contributed by atoms with Crippen molar-refractivity contribution in [1.29, 1.82) is 5.26 Å². The number of carbonyl (C=O) groups is 2. The molecule has 0 aromatic heterocycles. The number of aliphatic hydroxyl groups is 1. The van der Waals surface area contributed by atoms with Crippen LogP contribution in [0.5, 0.6) is 0 Å². The molecule has 4 fully saturated rings. The summed E-state index contributed by atoms with van der Waals surface area (Å²) in [6.07, 6.45) is 11.9. The average molecular weight is 533 g/mol. The predicted molar refractivity (Wildman–Crippen MR) is 151 cm³/mol. The summed E-state index contributed by atoms with van der Waals surface area (Å²) in [4.78, 5) is 30.3. The van der Waals surface area contributed by atoms with Crippen molar-refractivity contribution in [2.45, 2.75) is 111 Å². The first-order chi connectivity index (χ1) is 18.1. The van der Waals surface area contributed by atoms with Gasteiger partial charge in [-0.25, -0.2) is 0 Å². The molecule has 0 bridgehead atoms. The maximum Gasteiger partial charge on any atom is 0.178 e. The number of allylic oxidation sites excluding steroid dienone is 4. The first-order valence-electron chi connectivity index (χ1n) is 15.4. The Bertz CT molecular complexity index is 1240. The molecule has 5 heteroatoms. The number of nitrogens with zero attached hydrogens (tertiary/aromatic N) is 2. The monoisotopic (exact) mass is 532 g/mol. The van der Waals surface area contributed by atoms with E-state index in [1.54, 1.807) is 0 Å². The highest BCUT2D eigenvalue weighted by Gasteiger charge is 2.69. The zero-order chi connectivity index (χ0) is 28.4. The van der Waals surface area contributed by atoms with E-state index in [1.165, 1.54) is 5.57 Å². The van der Waals surface area contributed by atoms with Gasteiger partial charge in [0.1, 0.15) is 6.07 Å². The Morgan fingerprint density at radius 3 is 2.31 bits per heavy atom. The minimum atomic E-state index is -0.631. The summed E-state index contributed by atoms with van der Waals surface area (Å²) in [5.74, 6) is 0.597. The van der Waals surface area contributed by atoms with Crippen molar-refractivity contribution in [3.05, 3.63) is 23.3 Å². The van der Waals surface area contributed by atoms with Gasteiger partial charge in [-0.2, -0.15) is 5.26 Å². The quantitative estimate of drug-likeness (QED) is 0.446. The fraction of sp³-hybridized carbons (Fsp3) is 0.794. The van der Waals surface area contributed by atoms with E-state index < -0.39 is 10.8 Å². The van der Waals surface area contributed by atoms with E-state index >= 15 is 0 Å². The highest BCUT2D eigenvalue weighted by molar-refractivity contribution is 6.04. The van der Waals surface area contributed by atoms with Crippen molar-refractivity contribution in [3.8, 4) is 6.07 Å². The Morgan fingerprint density at radius 1 is 0.974 bits per heavy atom. The van der Waals surface area contributed by atoms with Gasteiger partial charge in [-0.05, 0) is 92.4 Å². The molecule has 5 nitrogen and oxygen atoms in total. The van der Waals surface area contributed by atoms with Crippen molar-refractivity contribution in [2.24, 2.45) is 44.8 Å². The number of likely N-dealkylation sites (tertiary alicyclic amines) is 1. The lowest BCUT2D eigenvalue weighted by molar-refractivity contribution is -0.170. The van der Waals surface area contributed by atoms with Gasteiger partial charge in [0, 0.05) is 35.4 Å². The normalized spacial score (nSPS) is 51.1. The van der Waals surface area contributed by atoms with E-state index in [0.29, 0.717) is 5.92 Å². The Kier molecular flexibility index (Phi) is 5.73. The number of aliphatic hydroxyl groups excluding tert-OH is 1. The van der Waals surface area contributed by atoms with Crippen LogP contribution in [-0.4, -0.2) is 46.3 Å². The minimum Gasteiger partial charge on any atom is -0.392 e. The van der Waals surface area contributed by atoms with Gasteiger partial charge in [-0.3, -0.25) is 14.5 Å². The third kappa shape index (κ3) is 3.37. The molecule has 0 aromatic carbocycles. The summed E-state index contributed by atoms with van der Waals surface area (Å²) in [6.45, 7) is 17.5. The molecule has 1 heterocycles. The Morgan fingerprint density at radius 2 is 1.67 bits per heavy atom. The number of nitriles is 1. The van der Waals surface area contributed by atoms with Crippen LogP contribution in [0.1, 0.15) is 99.8 Å². The molecule has 9 atom stereocenters. The van der Waals surface area contributed by atoms with E-state index in [-0.39, 0.29) is 56.9 Å². The highest BCUT2D eigenvalue weighted by atomic mass is 16.3. The molecule has 0 spiro atoms. The molecule has 1 saturated heterocycles. The molecule has 0 amide bonds. The van der Waals surface area contributed by atoms with Gasteiger partial charge in [-0.1, -0.05) is 53.2 Å². The molecule has 39 heavy (non-hydrogen) atoms. The SMILES string of the molecule is CC1(C)C(=O)C(C#N)=C[C@]2(C)C3=CC(=O)[C@@H]4[C@@H]5C[C@@](C)(N6CCC(O)C6)CC[C@]5(C)CC[C@@]4(C)[C@]3(C)CC[C@@H]12. The highest BCUT2D eigenvalue weighted by Crippen LogP contribution is 2.74. The van der Waals surface area contributed by atoms with Gasteiger partial charge < -0.3 is 5.11 Å². The molecule has 1 aliphatic heterocycles. The van der Waals surface area contributed by atoms with E-state index in [1.807, 2.05) is 26.0 Å². The fourth-order valence-electron chi connectivity index (χ4n) is 11.2. The average Bonchev–Trinajstić information content (AvgIpc) is 3.31. The maximum atomic E-state index is 14.5. The van der Waals surface area contributed by atoms with Crippen LogP contribution in [0.3, 0.4) is 0 Å². The van der Waals surface area contributed by atoms with E-state index in [9.17, 15) is 20.0 Å². The number of rotatable bonds is 1. The van der Waals surface area contributed by atoms with Crippen LogP contribution in [0.2, 0.25) is 0 Å². The first-order valence-corrected chi connectivity index (χ1v) is 15.4. The fourth-order valence-corrected chi connectivity index (χ4v) is 11.2. The standard InChI is InChI=1S/C34H48N2O3/c1-29(2)25-8-10-33(6)26(32(25,5)17-21(19-35)28(29)39)16-24(38)27-23-18-31(4,36-15-9-22(37)20-36)13-11-30(23,3)12-14-34(27,33)7/h16-17,22-23,25,27,37H,8-15,18,20H2,1-7H3/t22?,23-,25-,27-,30+,31-,32-,33+,34+/m0/s1. The number of hydrogen-bond acceptors (Lipinski definition) is 5. The summed E-state index contributed by atoms with van der Waals surface area (Å²) in [5.41, 5.74) is 0.176. The Labute approximate surface area is 235 Å². The maximum absolute atomic E-state index is 14.5. The second kappa shape index (κ2) is 8.16. The van der Waals surface area contributed by atoms with Crippen LogP contribution in [0, 0.1) is 56.2 Å². The molecule has 5 aliphatic carbocycles. The van der Waals surface area contributed by atoms with Crippen LogP contribution >= 0.6 is 0 Å². The number of β-amino-alcohol motifs (C(OH)–C–C–N with tert-alkyl or cyclic N) is 1. The molecule has 0 radical (unpaired) electrons. The van der Waals surface area contributed by atoms with Crippen molar-refractivity contribution in [1.82, 2.24) is 4.90 Å². The zero-order valence-electron chi connectivity index (χ0n) is 25.2. The minimum absolute atomic E-state index is 0.0186. The van der Waals surface area contributed by atoms with Gasteiger partial charge in [0.25, 0.3) is 0 Å². The molecular weight excluding hydrogens is 484 g/mol. The van der Waals surface area contributed by atoms with Crippen LogP contribution in [0.15, 0.2) is 23.3 Å². The van der Waals surface area contributed by atoms with E-state index in [0.717, 1.165) is 64.5 Å². The lowest BCUT2D eigenvalue weighted by Gasteiger charge is -2.69. The van der Waals surface area contributed by atoms with Crippen molar-refractivity contribution >= 4 is 11.6 Å². The predicted octanol–water partition coefficient (Wildman–Crippen LogP) is 6.02. The lowest BCUT2D eigenvalue weighted by Crippen LogP contribution is -2.65. The summed E-state index contributed by atoms with van der Waals surface area (Å²) in [6, 6.07) is 2.21. The molecule has 6 rings (SSSR count). The Balaban J connectivity index is 1.46. The van der Waals surface area contributed by atoms with Crippen LogP contribution in [0.4, 0.5) is 0 Å². The molecule has 212 valence electrons. The van der Waals surface area contributed by atoms with Gasteiger partial charge >= 0.3 is 0 Å². The van der Waals surface area contributed by atoms with Gasteiger partial charge in [0.05, 0.1) is 11.7 Å². The molecule has 1 unspecified atom stereocenters. The second-order valence-corrected chi connectivity index (χ2v) is 16.1. The third-order valence-corrected chi connectivity index (χ3v) is 14.0. The van der Waals surface area contributed by atoms with Crippen molar-refractivity contribution in [3.63, 3.8) is 0 Å². The molecule has 6 aliphatic rings. The smallest absolute Gasteiger partial charge is 0.178 e. The van der Waals surface area contributed by atoms with Crippen LogP contribution in [0.25, 0.3) is 0 Å². The van der Waals surface area contributed by atoms with Gasteiger partial charge in [0.2, 0.25) is 0 Å². The summed E-state index contributed by atoms with van der Waals surface area (Å²) in [5, 5.41) is 20.2. The van der Waals surface area contributed by atoms with E-state index in [4.69, 9.17) is 0 Å². The number of Topliss-reactive ketones (excluding diaryl/α,β-unsaturated/α-hetero) is 1. The van der Waals surface area contributed by atoms with Crippen LogP contribution < -0.4 is 0 Å². The third-order valence-electron chi connectivity index (χ3n) is 14.0. The zero-order valence-corrected chi connectivity index (χ0v) is 25.2.